The Hall–Kier alpha value is -1.94. The number of hydrogen-bond acceptors (Lipinski definition) is 4. The molecule has 0 unspecified atom stereocenters. The highest BCUT2D eigenvalue weighted by molar-refractivity contribution is 5.43. The highest BCUT2D eigenvalue weighted by Crippen LogP contribution is 2.56. The molecule has 1 aromatic heterocycles. The van der Waals surface area contributed by atoms with E-state index in [9.17, 15) is 0 Å². The molecule has 0 radical (unpaired) electrons. The standard InChI is InChI=1S/C17H20N4/c18-9-13-1-3-14(4-2-13)15-7-17(8-15)11-21(12-17)16-10-19-5-6-20-16/h1-6,10,15H,7-9,11-12,18H2. The molecule has 2 aromatic rings. The average molecular weight is 280 g/mol. The first-order chi connectivity index (χ1) is 10.3. The molecule has 2 N–H and O–H groups in total. The van der Waals surface area contributed by atoms with Crippen molar-refractivity contribution < 1.29 is 0 Å². The molecule has 4 nitrogen and oxygen atoms in total. The second-order valence-electron chi connectivity index (χ2n) is 6.47. The SMILES string of the molecule is NCc1ccc(C2CC3(C2)CN(c2cnccn2)C3)cc1. The first kappa shape index (κ1) is 12.8. The van der Waals surface area contributed by atoms with Crippen molar-refractivity contribution in [3.05, 3.63) is 54.0 Å². The van der Waals surface area contributed by atoms with E-state index in [1.807, 2.05) is 6.20 Å². The van der Waals surface area contributed by atoms with Gasteiger partial charge in [-0.2, -0.15) is 0 Å². The van der Waals surface area contributed by atoms with E-state index in [2.05, 4.69) is 39.1 Å². The molecular weight excluding hydrogens is 260 g/mol. The zero-order valence-electron chi connectivity index (χ0n) is 12.1. The van der Waals surface area contributed by atoms with Crippen LogP contribution in [0.2, 0.25) is 0 Å². The number of hydrogen-bond donors (Lipinski definition) is 1. The number of anilines is 1. The summed E-state index contributed by atoms with van der Waals surface area (Å²) in [6, 6.07) is 8.82. The fourth-order valence-corrected chi connectivity index (χ4v) is 3.79. The Balaban J connectivity index is 1.36. The summed E-state index contributed by atoms with van der Waals surface area (Å²) < 4.78 is 0. The van der Waals surface area contributed by atoms with Crippen LogP contribution in [0.1, 0.15) is 29.9 Å². The minimum atomic E-state index is 0.523. The number of nitrogens with zero attached hydrogens (tertiary/aromatic N) is 3. The van der Waals surface area contributed by atoms with Crippen LogP contribution in [-0.2, 0) is 6.54 Å². The normalized spacial score (nSPS) is 20.1. The summed E-state index contributed by atoms with van der Waals surface area (Å²) in [6.45, 7) is 2.88. The van der Waals surface area contributed by atoms with Crippen LogP contribution in [0.3, 0.4) is 0 Å². The van der Waals surface area contributed by atoms with Gasteiger partial charge in [0.2, 0.25) is 0 Å². The second kappa shape index (κ2) is 4.81. The predicted octanol–water partition coefficient (Wildman–Crippen LogP) is 2.32. The van der Waals surface area contributed by atoms with Crippen molar-refractivity contribution >= 4 is 5.82 Å². The molecular formula is C17H20N4. The van der Waals surface area contributed by atoms with Crippen molar-refractivity contribution in [2.24, 2.45) is 11.1 Å². The van der Waals surface area contributed by atoms with Crippen molar-refractivity contribution in [3.8, 4) is 0 Å². The van der Waals surface area contributed by atoms with E-state index >= 15 is 0 Å². The lowest BCUT2D eigenvalue weighted by molar-refractivity contribution is 0.0627. The fraction of sp³-hybridized carbons (Fsp3) is 0.412. The molecule has 1 aliphatic heterocycles. The van der Waals surface area contributed by atoms with Gasteiger partial charge in [0, 0.05) is 37.4 Å². The number of nitrogens with two attached hydrogens (primary N) is 1. The van der Waals surface area contributed by atoms with E-state index in [-0.39, 0.29) is 0 Å². The van der Waals surface area contributed by atoms with E-state index in [0.717, 1.165) is 24.8 Å². The summed E-state index contributed by atoms with van der Waals surface area (Å²) >= 11 is 0. The monoisotopic (exact) mass is 280 g/mol. The van der Waals surface area contributed by atoms with E-state index in [1.165, 1.54) is 24.0 Å². The summed E-state index contributed by atoms with van der Waals surface area (Å²) in [6.07, 6.45) is 7.94. The third-order valence-electron chi connectivity index (χ3n) is 4.97. The van der Waals surface area contributed by atoms with Gasteiger partial charge in [0.05, 0.1) is 6.20 Å². The van der Waals surface area contributed by atoms with Crippen molar-refractivity contribution in [2.45, 2.75) is 25.3 Å². The maximum absolute atomic E-state index is 5.65. The maximum atomic E-state index is 5.65. The lowest BCUT2D eigenvalue weighted by Crippen LogP contribution is -2.62. The third kappa shape index (κ3) is 2.20. The Morgan fingerprint density at radius 1 is 1.14 bits per heavy atom. The number of benzene rings is 1. The van der Waals surface area contributed by atoms with E-state index in [1.54, 1.807) is 12.4 Å². The molecule has 21 heavy (non-hydrogen) atoms. The number of aromatic nitrogens is 2. The van der Waals surface area contributed by atoms with Crippen LogP contribution in [0.5, 0.6) is 0 Å². The van der Waals surface area contributed by atoms with Gasteiger partial charge in [0.15, 0.2) is 0 Å². The number of rotatable bonds is 3. The molecule has 1 aliphatic carbocycles. The highest BCUT2D eigenvalue weighted by Gasteiger charge is 2.52. The van der Waals surface area contributed by atoms with Gasteiger partial charge < -0.3 is 10.6 Å². The lowest BCUT2D eigenvalue weighted by Gasteiger charge is -2.59. The Kier molecular flexibility index (Phi) is 2.93. The fourth-order valence-electron chi connectivity index (χ4n) is 3.79. The first-order valence-corrected chi connectivity index (χ1v) is 7.58. The van der Waals surface area contributed by atoms with E-state index in [0.29, 0.717) is 12.0 Å². The largest absolute Gasteiger partial charge is 0.354 e. The predicted molar refractivity (Wildman–Crippen MR) is 83.0 cm³/mol. The van der Waals surface area contributed by atoms with Crippen LogP contribution in [0.4, 0.5) is 5.82 Å². The Morgan fingerprint density at radius 3 is 2.52 bits per heavy atom. The minimum absolute atomic E-state index is 0.523. The van der Waals surface area contributed by atoms with Crippen LogP contribution in [0.15, 0.2) is 42.9 Å². The van der Waals surface area contributed by atoms with Crippen molar-refractivity contribution in [1.82, 2.24) is 9.97 Å². The smallest absolute Gasteiger partial charge is 0.147 e. The zero-order valence-corrected chi connectivity index (χ0v) is 12.1. The van der Waals surface area contributed by atoms with Gasteiger partial charge in [0.25, 0.3) is 0 Å². The Bertz CT molecular complexity index is 609. The van der Waals surface area contributed by atoms with Gasteiger partial charge in [-0.15, -0.1) is 0 Å². The van der Waals surface area contributed by atoms with E-state index < -0.39 is 0 Å². The van der Waals surface area contributed by atoms with E-state index in [4.69, 9.17) is 5.73 Å². The van der Waals surface area contributed by atoms with Gasteiger partial charge in [-0.25, -0.2) is 4.98 Å². The molecule has 0 atom stereocenters. The third-order valence-corrected chi connectivity index (χ3v) is 4.97. The van der Waals surface area contributed by atoms with Gasteiger partial charge in [-0.3, -0.25) is 4.98 Å². The van der Waals surface area contributed by atoms with Gasteiger partial charge in [0.1, 0.15) is 5.82 Å². The maximum Gasteiger partial charge on any atom is 0.147 e. The Morgan fingerprint density at radius 2 is 1.90 bits per heavy atom. The average Bonchev–Trinajstić information content (AvgIpc) is 2.46. The van der Waals surface area contributed by atoms with Gasteiger partial charge in [-0.1, -0.05) is 24.3 Å². The molecule has 108 valence electrons. The summed E-state index contributed by atoms with van der Waals surface area (Å²) in [5.41, 5.74) is 8.85. The van der Waals surface area contributed by atoms with Crippen LogP contribution < -0.4 is 10.6 Å². The summed E-state index contributed by atoms with van der Waals surface area (Å²) in [5, 5.41) is 0. The molecule has 2 aliphatic rings. The molecule has 0 bridgehead atoms. The van der Waals surface area contributed by atoms with Crippen molar-refractivity contribution in [1.29, 1.82) is 0 Å². The highest BCUT2D eigenvalue weighted by atomic mass is 15.3. The molecule has 1 spiro atoms. The lowest BCUT2D eigenvalue weighted by atomic mass is 9.56. The zero-order chi connectivity index (χ0) is 14.3. The van der Waals surface area contributed by atoms with Crippen LogP contribution in [0, 0.1) is 5.41 Å². The molecule has 1 aromatic carbocycles. The summed E-state index contributed by atoms with van der Waals surface area (Å²) in [4.78, 5) is 10.9. The topological polar surface area (TPSA) is 55.0 Å². The molecule has 4 rings (SSSR count). The molecule has 2 heterocycles. The summed E-state index contributed by atoms with van der Waals surface area (Å²) in [5.74, 6) is 1.74. The molecule has 1 saturated heterocycles. The second-order valence-corrected chi connectivity index (χ2v) is 6.47. The molecule has 1 saturated carbocycles. The quantitative estimate of drug-likeness (QED) is 0.937. The van der Waals surface area contributed by atoms with Crippen LogP contribution >= 0.6 is 0 Å². The molecule has 4 heteroatoms. The van der Waals surface area contributed by atoms with Crippen LogP contribution in [-0.4, -0.2) is 23.1 Å². The summed E-state index contributed by atoms with van der Waals surface area (Å²) in [7, 11) is 0. The van der Waals surface area contributed by atoms with Gasteiger partial charge >= 0.3 is 0 Å². The first-order valence-electron chi connectivity index (χ1n) is 7.58. The molecule has 2 fully saturated rings. The minimum Gasteiger partial charge on any atom is -0.354 e. The molecule has 0 amide bonds. The van der Waals surface area contributed by atoms with Crippen molar-refractivity contribution in [2.75, 3.05) is 18.0 Å². The van der Waals surface area contributed by atoms with Gasteiger partial charge in [-0.05, 0) is 29.9 Å². The van der Waals surface area contributed by atoms with Crippen LogP contribution in [0.25, 0.3) is 0 Å². The van der Waals surface area contributed by atoms with Crippen molar-refractivity contribution in [3.63, 3.8) is 0 Å². The Labute approximate surface area is 125 Å².